The Morgan fingerprint density at radius 2 is 1.14 bits per heavy atom. The van der Waals surface area contributed by atoms with Crippen molar-refractivity contribution in [2.75, 3.05) is 6.54 Å². The minimum atomic E-state index is -0.588. The summed E-state index contributed by atoms with van der Waals surface area (Å²) in [6, 6.07) is 9.96. The lowest BCUT2D eigenvalue weighted by Crippen LogP contribution is -2.52. The molecule has 1 saturated heterocycles. The molecule has 0 radical (unpaired) electrons. The van der Waals surface area contributed by atoms with Gasteiger partial charge in [-0.15, -0.1) is 0 Å². The van der Waals surface area contributed by atoms with Crippen molar-refractivity contribution in [1.82, 2.24) is 10.2 Å². The number of amides is 4. The predicted molar refractivity (Wildman–Crippen MR) is 154 cm³/mol. The van der Waals surface area contributed by atoms with E-state index in [1.165, 1.54) is 5.56 Å². The summed E-state index contributed by atoms with van der Waals surface area (Å²) < 4.78 is 0. The van der Waals surface area contributed by atoms with Crippen molar-refractivity contribution in [2.45, 2.75) is 122 Å². The smallest absolute Gasteiger partial charge is 0.277 e. The van der Waals surface area contributed by atoms with Gasteiger partial charge >= 0.3 is 6.03 Å². The predicted octanol–water partition coefficient (Wildman–Crippen LogP) is 8.37. The molecular weight excluding hydrogens is 448 g/mol. The molecule has 0 aliphatic carbocycles. The number of imide groups is 2. The van der Waals surface area contributed by atoms with Crippen LogP contribution in [-0.2, 0) is 15.0 Å². The van der Waals surface area contributed by atoms with Crippen molar-refractivity contribution < 1.29 is 14.4 Å². The molecule has 1 aliphatic rings. The SMILES string of the molecule is CC(C)(C)C.CC(C)(C)C.CC(C)(C)CCCN1C(=O)CC(=O)NC1=O.CC(C)(C)c1ccccc1. The second-order valence-corrected chi connectivity index (χ2v) is 14.9. The number of nitrogens with zero attached hydrogens (tertiary/aromatic N) is 1. The fourth-order valence-electron chi connectivity index (χ4n) is 2.51. The molecule has 2 rings (SSSR count). The first-order valence-electron chi connectivity index (χ1n) is 13.1. The third-order valence-corrected chi connectivity index (χ3v) is 4.05. The molecule has 1 heterocycles. The first kappa shape index (κ1) is 36.0. The van der Waals surface area contributed by atoms with Crippen molar-refractivity contribution in [2.24, 2.45) is 16.2 Å². The number of nitrogens with one attached hydrogen (secondary N) is 1. The fourth-order valence-corrected chi connectivity index (χ4v) is 2.51. The molecular formula is C31H56N2O3. The number of carbonyl (C=O) groups excluding carboxylic acids is 3. The third-order valence-electron chi connectivity index (χ3n) is 4.05. The quantitative estimate of drug-likeness (QED) is 0.420. The Kier molecular flexibility index (Phi) is 15.2. The average molecular weight is 505 g/mol. The summed E-state index contributed by atoms with van der Waals surface area (Å²) in [7, 11) is 0. The van der Waals surface area contributed by atoms with Gasteiger partial charge in [0.2, 0.25) is 11.8 Å². The van der Waals surface area contributed by atoms with E-state index >= 15 is 0 Å². The topological polar surface area (TPSA) is 66.5 Å². The Labute approximate surface area is 222 Å². The lowest BCUT2D eigenvalue weighted by molar-refractivity contribution is -0.136. The first-order chi connectivity index (χ1) is 15.9. The molecule has 1 aromatic rings. The highest BCUT2D eigenvalue weighted by molar-refractivity contribution is 6.14. The molecule has 36 heavy (non-hydrogen) atoms. The van der Waals surface area contributed by atoms with Crippen LogP contribution in [0.25, 0.3) is 0 Å². The highest BCUT2D eigenvalue weighted by atomic mass is 16.2. The van der Waals surface area contributed by atoms with Gasteiger partial charge in [0.15, 0.2) is 0 Å². The van der Waals surface area contributed by atoms with Gasteiger partial charge < -0.3 is 0 Å². The Balaban J connectivity index is 0. The van der Waals surface area contributed by atoms with Crippen LogP contribution < -0.4 is 5.32 Å². The summed E-state index contributed by atoms with van der Waals surface area (Å²) in [5.41, 5.74) is 2.88. The molecule has 1 aromatic carbocycles. The summed E-state index contributed by atoms with van der Waals surface area (Å²) >= 11 is 0. The molecule has 1 fully saturated rings. The van der Waals surface area contributed by atoms with Gasteiger partial charge in [0.25, 0.3) is 0 Å². The van der Waals surface area contributed by atoms with Gasteiger partial charge in [-0.25, -0.2) is 4.79 Å². The largest absolute Gasteiger partial charge is 0.330 e. The van der Waals surface area contributed by atoms with E-state index in [9.17, 15) is 14.4 Å². The maximum absolute atomic E-state index is 11.4. The first-order valence-corrected chi connectivity index (χ1v) is 13.1. The van der Waals surface area contributed by atoms with Crippen LogP contribution in [0.4, 0.5) is 4.79 Å². The van der Waals surface area contributed by atoms with Crippen molar-refractivity contribution in [3.05, 3.63) is 35.9 Å². The normalized spacial score (nSPS) is 14.4. The summed E-state index contributed by atoms with van der Waals surface area (Å²) in [6.45, 7) is 30.9. The van der Waals surface area contributed by atoms with Gasteiger partial charge in [-0.05, 0) is 40.1 Å². The molecule has 5 heteroatoms. The maximum Gasteiger partial charge on any atom is 0.330 e. The van der Waals surface area contributed by atoms with Crippen LogP contribution in [0.2, 0.25) is 0 Å². The van der Waals surface area contributed by atoms with Crippen LogP contribution in [0.15, 0.2) is 30.3 Å². The second-order valence-electron chi connectivity index (χ2n) is 14.9. The van der Waals surface area contributed by atoms with E-state index in [0.29, 0.717) is 22.8 Å². The molecule has 5 nitrogen and oxygen atoms in total. The minimum Gasteiger partial charge on any atom is -0.277 e. The number of hydrogen-bond donors (Lipinski definition) is 1. The Hall–Kier alpha value is -2.17. The highest BCUT2D eigenvalue weighted by Gasteiger charge is 2.30. The van der Waals surface area contributed by atoms with Crippen molar-refractivity contribution >= 4 is 17.8 Å². The van der Waals surface area contributed by atoms with Crippen LogP contribution in [0, 0.1) is 16.2 Å². The number of barbiturate groups is 1. The van der Waals surface area contributed by atoms with E-state index < -0.39 is 17.8 Å². The second kappa shape index (κ2) is 15.2. The summed E-state index contributed by atoms with van der Waals surface area (Å²) in [5.74, 6) is -0.912. The summed E-state index contributed by atoms with van der Waals surface area (Å²) in [4.78, 5) is 34.8. The molecule has 208 valence electrons. The highest BCUT2D eigenvalue weighted by Crippen LogP contribution is 2.21. The van der Waals surface area contributed by atoms with E-state index in [2.05, 4.69) is 133 Å². The van der Waals surface area contributed by atoms with Crippen LogP contribution in [0.3, 0.4) is 0 Å². The van der Waals surface area contributed by atoms with Crippen LogP contribution in [0.5, 0.6) is 0 Å². The lowest BCUT2D eigenvalue weighted by atomic mass is 9.87. The van der Waals surface area contributed by atoms with Gasteiger partial charge in [0.1, 0.15) is 6.42 Å². The van der Waals surface area contributed by atoms with E-state index in [0.717, 1.165) is 17.7 Å². The van der Waals surface area contributed by atoms with Gasteiger partial charge in [0, 0.05) is 6.54 Å². The zero-order chi connectivity index (χ0) is 29.0. The maximum atomic E-state index is 11.4. The standard InChI is InChI=1S/C11H18N2O3.C10H14.2C5H12/c1-11(2,3)5-4-6-13-9(15)7-8(14)12-10(13)16;1-10(2,3)9-7-5-4-6-8-9;2*1-5(2,3)4/h4-7H2,1-3H3,(H,12,14,16);4-8H,1-3H3;2*1-4H3. The third kappa shape index (κ3) is 24.9. The number of hydrogen-bond acceptors (Lipinski definition) is 3. The number of carbonyl (C=O) groups is 3. The van der Waals surface area contributed by atoms with Gasteiger partial charge in [0.05, 0.1) is 0 Å². The summed E-state index contributed by atoms with van der Waals surface area (Å²) in [6.07, 6.45) is 1.47. The molecule has 0 aromatic heterocycles. The van der Waals surface area contributed by atoms with E-state index in [4.69, 9.17) is 0 Å². The van der Waals surface area contributed by atoms with Crippen molar-refractivity contribution in [1.29, 1.82) is 0 Å². The zero-order valence-corrected chi connectivity index (χ0v) is 25.9. The van der Waals surface area contributed by atoms with E-state index in [1.54, 1.807) is 0 Å². The average Bonchev–Trinajstić information content (AvgIpc) is 2.61. The lowest BCUT2D eigenvalue weighted by Gasteiger charge is -2.26. The van der Waals surface area contributed by atoms with Gasteiger partial charge in [-0.2, -0.15) is 0 Å². The van der Waals surface area contributed by atoms with Crippen molar-refractivity contribution in [3.8, 4) is 0 Å². The Morgan fingerprint density at radius 1 is 0.722 bits per heavy atom. The van der Waals surface area contributed by atoms with Crippen LogP contribution in [0.1, 0.15) is 122 Å². The minimum absolute atomic E-state index is 0.186. The molecule has 0 spiro atoms. The summed E-state index contributed by atoms with van der Waals surface area (Å²) in [5, 5.41) is 2.13. The van der Waals surface area contributed by atoms with E-state index in [1.807, 2.05) is 0 Å². The monoisotopic (exact) mass is 504 g/mol. The molecule has 4 amide bonds. The molecule has 1 N–H and O–H groups in total. The number of benzene rings is 1. The molecule has 0 unspecified atom stereocenters. The Morgan fingerprint density at radius 3 is 1.44 bits per heavy atom. The zero-order valence-electron chi connectivity index (χ0n) is 25.9. The van der Waals surface area contributed by atoms with Gasteiger partial charge in [-0.3, -0.25) is 19.8 Å². The molecule has 1 aliphatic heterocycles. The van der Waals surface area contributed by atoms with Crippen LogP contribution >= 0.6 is 0 Å². The number of urea groups is 1. The number of rotatable bonds is 3. The van der Waals surface area contributed by atoms with E-state index in [-0.39, 0.29) is 11.8 Å². The Bertz CT molecular complexity index is 742. The molecule has 0 bridgehead atoms. The van der Waals surface area contributed by atoms with Crippen LogP contribution in [-0.4, -0.2) is 29.3 Å². The molecule has 0 saturated carbocycles. The molecule has 0 atom stereocenters. The fraction of sp³-hybridized carbons (Fsp3) is 0.710. The van der Waals surface area contributed by atoms with Gasteiger partial charge in [-0.1, -0.05) is 127 Å². The van der Waals surface area contributed by atoms with Crippen molar-refractivity contribution in [3.63, 3.8) is 0 Å².